The Kier molecular flexibility index (Phi) is 5.36. The maximum absolute atomic E-state index is 12.3. The molecule has 8 nitrogen and oxygen atoms in total. The van der Waals surface area contributed by atoms with Crippen LogP contribution in [0.1, 0.15) is 10.4 Å². The second kappa shape index (κ2) is 8.14. The van der Waals surface area contributed by atoms with E-state index in [0.29, 0.717) is 27.8 Å². The van der Waals surface area contributed by atoms with Crippen LogP contribution in [0, 0.1) is 0 Å². The predicted octanol–water partition coefficient (Wildman–Crippen LogP) is 4.72. The molecule has 0 saturated heterocycles. The van der Waals surface area contributed by atoms with E-state index >= 15 is 0 Å². The Labute approximate surface area is 186 Å². The van der Waals surface area contributed by atoms with Gasteiger partial charge in [-0.1, -0.05) is 6.07 Å². The van der Waals surface area contributed by atoms with Crippen LogP contribution in [-0.4, -0.2) is 35.6 Å². The van der Waals surface area contributed by atoms with Crippen molar-refractivity contribution in [2.24, 2.45) is 4.99 Å². The van der Waals surface area contributed by atoms with Crippen molar-refractivity contribution in [2.75, 3.05) is 14.2 Å². The van der Waals surface area contributed by atoms with Crippen molar-refractivity contribution < 1.29 is 28.9 Å². The van der Waals surface area contributed by atoms with Gasteiger partial charge in [0.1, 0.15) is 11.3 Å². The first-order valence-electron chi connectivity index (χ1n) is 9.19. The highest BCUT2D eigenvalue weighted by molar-refractivity contribution is 7.78. The van der Waals surface area contributed by atoms with Crippen molar-refractivity contribution in [3.05, 3.63) is 58.3 Å². The van der Waals surface area contributed by atoms with E-state index < -0.39 is 11.4 Å². The van der Waals surface area contributed by atoms with Gasteiger partial charge in [-0.2, -0.15) is 4.99 Å². The maximum atomic E-state index is 12.3. The van der Waals surface area contributed by atoms with Crippen LogP contribution < -0.4 is 14.9 Å². The highest BCUT2D eigenvalue weighted by atomic mass is 32.1. The number of hydrogen-bond acceptors (Lipinski definition) is 8. The van der Waals surface area contributed by atoms with Crippen LogP contribution in [0.3, 0.4) is 0 Å². The summed E-state index contributed by atoms with van der Waals surface area (Å²) in [6.45, 7) is 0. The van der Waals surface area contributed by atoms with E-state index in [1.807, 2.05) is 0 Å². The number of aliphatic imine (C=N–C) groups is 1. The van der Waals surface area contributed by atoms with Gasteiger partial charge in [-0.05, 0) is 42.0 Å². The summed E-state index contributed by atoms with van der Waals surface area (Å²) >= 11 is 4.62. The Morgan fingerprint density at radius 2 is 1.81 bits per heavy atom. The van der Waals surface area contributed by atoms with Gasteiger partial charge in [0.15, 0.2) is 17.2 Å². The average Bonchev–Trinajstić information content (AvgIpc) is 2.77. The van der Waals surface area contributed by atoms with E-state index in [1.54, 1.807) is 12.1 Å². The van der Waals surface area contributed by atoms with Gasteiger partial charge in [-0.15, -0.1) is 0 Å². The fourth-order valence-electron chi connectivity index (χ4n) is 3.58. The van der Waals surface area contributed by atoms with Crippen LogP contribution in [0.25, 0.3) is 33.4 Å². The molecule has 0 saturated carbocycles. The number of carboxylic acid groups (broad SMARTS) is 1. The molecule has 0 atom stereocenters. The lowest BCUT2D eigenvalue weighted by molar-refractivity contribution is 0.0697. The number of thiocarbonyl (C=S) groups is 1. The molecule has 0 fully saturated rings. The van der Waals surface area contributed by atoms with E-state index in [1.165, 1.54) is 44.6 Å². The number of aromatic hydroxyl groups is 1. The van der Waals surface area contributed by atoms with E-state index in [4.69, 9.17) is 13.9 Å². The van der Waals surface area contributed by atoms with Crippen LogP contribution in [-0.2, 0) is 0 Å². The number of benzene rings is 3. The van der Waals surface area contributed by atoms with Gasteiger partial charge in [-0.3, -0.25) is 4.79 Å². The van der Waals surface area contributed by atoms with Gasteiger partial charge < -0.3 is 24.1 Å². The zero-order valence-electron chi connectivity index (χ0n) is 16.8. The first kappa shape index (κ1) is 21.0. The molecule has 4 rings (SSSR count). The van der Waals surface area contributed by atoms with E-state index in [-0.39, 0.29) is 34.2 Å². The van der Waals surface area contributed by atoms with Crippen molar-refractivity contribution in [3.8, 4) is 39.7 Å². The molecule has 1 heterocycles. The topological polar surface area (TPSA) is 119 Å². The number of ether oxygens (including phenoxy) is 2. The molecule has 2 N–H and O–H groups in total. The summed E-state index contributed by atoms with van der Waals surface area (Å²) in [5.41, 5.74) is 1.32. The molecule has 32 heavy (non-hydrogen) atoms. The normalized spacial score (nSPS) is 10.7. The largest absolute Gasteiger partial charge is 0.504 e. The molecule has 0 unspecified atom stereocenters. The smallest absolute Gasteiger partial charge is 0.336 e. The molecule has 1 aliphatic heterocycles. The molecule has 9 heteroatoms. The summed E-state index contributed by atoms with van der Waals surface area (Å²) in [4.78, 5) is 28.3. The molecule has 0 radical (unpaired) electrons. The summed E-state index contributed by atoms with van der Waals surface area (Å²) in [5, 5.41) is 22.8. The number of methoxy groups -OCH3 is 2. The van der Waals surface area contributed by atoms with Crippen LogP contribution in [0.2, 0.25) is 0 Å². The fourth-order valence-corrected chi connectivity index (χ4v) is 3.68. The summed E-state index contributed by atoms with van der Waals surface area (Å²) in [7, 11) is 2.76. The number of hydrogen-bond donors (Lipinski definition) is 2. The van der Waals surface area contributed by atoms with Crippen LogP contribution in [0.4, 0.5) is 5.69 Å². The van der Waals surface area contributed by atoms with E-state index in [0.717, 1.165) is 0 Å². The number of carbonyl (C=O) groups is 1. The third-order valence-corrected chi connectivity index (χ3v) is 5.07. The van der Waals surface area contributed by atoms with Gasteiger partial charge in [0.25, 0.3) is 0 Å². The quantitative estimate of drug-likeness (QED) is 0.255. The van der Waals surface area contributed by atoms with Gasteiger partial charge in [0, 0.05) is 28.6 Å². The monoisotopic (exact) mass is 449 g/mol. The number of carboxylic acids is 1. The first-order chi connectivity index (χ1) is 15.4. The van der Waals surface area contributed by atoms with Gasteiger partial charge in [-0.25, -0.2) is 4.79 Å². The number of isothiocyanates is 1. The Hall–Kier alpha value is -4.20. The number of rotatable bonds is 5. The lowest BCUT2D eigenvalue weighted by atomic mass is 9.90. The minimum atomic E-state index is -1.19. The minimum Gasteiger partial charge on any atom is -0.504 e. The summed E-state index contributed by atoms with van der Waals surface area (Å²) in [5.74, 6) is -0.937. The lowest BCUT2D eigenvalue weighted by Gasteiger charge is -2.18. The predicted molar refractivity (Wildman–Crippen MR) is 121 cm³/mol. The van der Waals surface area contributed by atoms with Gasteiger partial charge in [0.05, 0.1) is 30.6 Å². The Morgan fingerprint density at radius 1 is 1.06 bits per heavy atom. The van der Waals surface area contributed by atoms with Gasteiger partial charge >= 0.3 is 5.97 Å². The molecule has 160 valence electrons. The number of fused-ring (bicyclic) bond motifs is 2. The minimum absolute atomic E-state index is 0.0532. The van der Waals surface area contributed by atoms with Crippen LogP contribution in [0.5, 0.6) is 17.2 Å². The molecule has 0 spiro atoms. The van der Waals surface area contributed by atoms with Crippen molar-refractivity contribution in [1.29, 1.82) is 0 Å². The third kappa shape index (κ3) is 3.45. The third-order valence-electron chi connectivity index (χ3n) is 4.98. The Balaban J connectivity index is 2.23. The van der Waals surface area contributed by atoms with Crippen LogP contribution >= 0.6 is 12.2 Å². The molecule has 0 bridgehead atoms. The van der Waals surface area contributed by atoms with Crippen molar-refractivity contribution in [1.82, 2.24) is 0 Å². The van der Waals surface area contributed by atoms with Crippen molar-refractivity contribution >= 4 is 40.0 Å². The molecule has 1 aliphatic carbocycles. The van der Waals surface area contributed by atoms with Crippen LogP contribution in [0.15, 0.2) is 56.7 Å². The fraction of sp³-hybridized carbons (Fsp3) is 0.0870. The molecular formula is C23H15NO7S. The van der Waals surface area contributed by atoms with Crippen molar-refractivity contribution in [2.45, 2.75) is 0 Å². The Bertz CT molecular complexity index is 1470. The summed E-state index contributed by atoms with van der Waals surface area (Å²) in [6.07, 6.45) is 0. The zero-order valence-corrected chi connectivity index (χ0v) is 17.6. The molecule has 0 amide bonds. The van der Waals surface area contributed by atoms with E-state index in [2.05, 4.69) is 22.4 Å². The first-order valence-corrected chi connectivity index (χ1v) is 9.60. The SMILES string of the molecule is COc1cc2c(-c3ccc(N=C=S)cc3C(=O)O)c3cc(OC)c(=O)cc-3oc2cc1O. The van der Waals surface area contributed by atoms with Gasteiger partial charge in [0.2, 0.25) is 5.43 Å². The number of phenols is 1. The summed E-state index contributed by atoms with van der Waals surface area (Å²) in [6, 6.07) is 10.2. The molecular weight excluding hydrogens is 434 g/mol. The molecule has 2 aromatic carbocycles. The lowest BCUT2D eigenvalue weighted by Crippen LogP contribution is -2.07. The summed E-state index contributed by atoms with van der Waals surface area (Å²) < 4.78 is 16.3. The molecule has 2 aliphatic rings. The number of nitrogens with zero attached hydrogens (tertiary/aromatic N) is 1. The van der Waals surface area contributed by atoms with E-state index in [9.17, 15) is 19.8 Å². The second-order valence-electron chi connectivity index (χ2n) is 6.73. The highest BCUT2D eigenvalue weighted by Gasteiger charge is 2.24. The number of aromatic carboxylic acids is 1. The Morgan fingerprint density at radius 3 is 2.47 bits per heavy atom. The highest BCUT2D eigenvalue weighted by Crippen LogP contribution is 2.45. The molecule has 2 aromatic rings. The molecule has 0 aromatic heterocycles. The average molecular weight is 449 g/mol. The van der Waals surface area contributed by atoms with Crippen molar-refractivity contribution in [3.63, 3.8) is 0 Å². The maximum Gasteiger partial charge on any atom is 0.336 e. The number of phenolic OH excluding ortho intramolecular Hbond substituents is 1. The second-order valence-corrected chi connectivity index (χ2v) is 6.92. The standard InChI is InChI=1S/C23H15NO7S/c1-29-20-6-14-18(8-16(20)25)31-19-9-17(26)21(30-2)7-15(19)22(14)12-4-3-11(24-10-32)5-13(12)23(27)28/h3-9,25H,1-2H3,(H,27,28). The zero-order chi connectivity index (χ0) is 23.0.